The lowest BCUT2D eigenvalue weighted by Gasteiger charge is -2.36. The summed E-state index contributed by atoms with van der Waals surface area (Å²) in [5.41, 5.74) is 1.01. The molecule has 0 unspecified atom stereocenters. The number of hydrogen-bond donors (Lipinski definition) is 4. The lowest BCUT2D eigenvalue weighted by molar-refractivity contribution is -0.134. The largest absolute Gasteiger partial charge is 0.389 e. The number of carbonyl (C=O) groups excluding carboxylic acids is 1. The van der Waals surface area contributed by atoms with Gasteiger partial charge in [0.2, 0.25) is 11.9 Å². The minimum Gasteiger partial charge on any atom is -0.389 e. The maximum atomic E-state index is 15.6. The Hall–Kier alpha value is -5.23. The summed E-state index contributed by atoms with van der Waals surface area (Å²) in [6.45, 7) is 14.1. The van der Waals surface area contributed by atoms with E-state index in [0.29, 0.717) is 42.0 Å². The third-order valence-electron chi connectivity index (χ3n) is 12.7. The highest BCUT2D eigenvalue weighted by Gasteiger charge is 2.32. The number of carbonyl (C=O) groups is 1. The molecule has 0 saturated carbocycles. The van der Waals surface area contributed by atoms with Crippen molar-refractivity contribution in [3.63, 3.8) is 0 Å². The number of unbranched alkanes of at least 4 members (excludes halogenated alkanes) is 2. The van der Waals surface area contributed by atoms with E-state index >= 15 is 4.39 Å². The van der Waals surface area contributed by atoms with Crippen LogP contribution in [0.3, 0.4) is 0 Å². The van der Waals surface area contributed by atoms with Gasteiger partial charge in [0.15, 0.2) is 5.82 Å². The molecule has 0 aliphatic carbocycles. The Bertz CT molecular complexity index is 2440. The molecule has 348 valence electrons. The third kappa shape index (κ3) is 11.1. The van der Waals surface area contributed by atoms with Crippen molar-refractivity contribution in [3.05, 3.63) is 77.5 Å². The SMILES string of the molecule is CC(C)n1c(C(C)(C)O)nc2c(F)cc(-c3nc(N[C@@H]4CCN(C(=O)CCCCCN5CCN(c6cc(N[C@@H]7CCCN(c8cccc(F)c8)C7)ncn6)CC5)C[C@H]4O)ncc3Cl)cc21. The molecule has 6 heterocycles. The summed E-state index contributed by atoms with van der Waals surface area (Å²) in [4.78, 5) is 44.4. The molecule has 3 aliphatic rings. The van der Waals surface area contributed by atoms with Gasteiger partial charge in [-0.3, -0.25) is 9.69 Å². The van der Waals surface area contributed by atoms with Crippen molar-refractivity contribution >= 4 is 51.8 Å². The Morgan fingerprint density at radius 2 is 1.74 bits per heavy atom. The zero-order valence-corrected chi connectivity index (χ0v) is 38.5. The summed E-state index contributed by atoms with van der Waals surface area (Å²) in [7, 11) is 0. The molecule has 15 nitrogen and oxygen atoms in total. The fraction of sp³-hybridized carbons (Fsp3) is 0.532. The van der Waals surface area contributed by atoms with Crippen molar-refractivity contribution in [1.29, 1.82) is 0 Å². The van der Waals surface area contributed by atoms with Crippen LogP contribution >= 0.6 is 11.6 Å². The summed E-state index contributed by atoms with van der Waals surface area (Å²) < 4.78 is 31.2. The van der Waals surface area contributed by atoms with Crippen LogP contribution in [0, 0.1) is 11.6 Å². The number of benzene rings is 2. The van der Waals surface area contributed by atoms with Gasteiger partial charge in [-0.2, -0.15) is 0 Å². The van der Waals surface area contributed by atoms with E-state index < -0.39 is 23.6 Å². The van der Waals surface area contributed by atoms with Gasteiger partial charge in [-0.25, -0.2) is 33.7 Å². The maximum absolute atomic E-state index is 15.6. The van der Waals surface area contributed by atoms with Crippen molar-refractivity contribution in [1.82, 2.24) is 39.3 Å². The first-order chi connectivity index (χ1) is 31.2. The molecule has 18 heteroatoms. The number of aliphatic hydroxyl groups excluding tert-OH is 1. The van der Waals surface area contributed by atoms with Crippen LogP contribution in [0.2, 0.25) is 5.02 Å². The molecule has 2 aromatic carbocycles. The molecule has 1 amide bonds. The van der Waals surface area contributed by atoms with E-state index in [4.69, 9.17) is 11.6 Å². The quantitative estimate of drug-likeness (QED) is 0.0807. The van der Waals surface area contributed by atoms with Crippen LogP contribution in [0.5, 0.6) is 0 Å². The molecule has 0 spiro atoms. The highest BCUT2D eigenvalue weighted by atomic mass is 35.5. The predicted octanol–water partition coefficient (Wildman–Crippen LogP) is 6.86. The minimum absolute atomic E-state index is 0.0399. The Balaban J connectivity index is 0.753. The second-order valence-electron chi connectivity index (χ2n) is 18.4. The van der Waals surface area contributed by atoms with Crippen molar-refractivity contribution in [2.75, 3.05) is 79.3 Å². The number of fused-ring (bicyclic) bond motifs is 1. The summed E-state index contributed by atoms with van der Waals surface area (Å²) in [6.07, 6.45) is 7.93. The number of piperidine rings is 2. The fourth-order valence-electron chi connectivity index (χ4n) is 9.33. The van der Waals surface area contributed by atoms with E-state index in [1.54, 1.807) is 43.3 Å². The first kappa shape index (κ1) is 46.3. The maximum Gasteiger partial charge on any atom is 0.223 e. The van der Waals surface area contributed by atoms with E-state index in [1.807, 2.05) is 30.5 Å². The zero-order valence-electron chi connectivity index (χ0n) is 37.7. The molecule has 65 heavy (non-hydrogen) atoms. The first-order valence-electron chi connectivity index (χ1n) is 23.0. The Morgan fingerprint density at radius 3 is 2.49 bits per heavy atom. The number of amides is 1. The molecule has 3 atom stereocenters. The fourth-order valence-corrected chi connectivity index (χ4v) is 9.53. The van der Waals surface area contributed by atoms with Gasteiger partial charge in [0, 0.05) is 88.2 Å². The van der Waals surface area contributed by atoms with Crippen molar-refractivity contribution in [3.8, 4) is 11.3 Å². The molecule has 3 fully saturated rings. The van der Waals surface area contributed by atoms with Crippen LogP contribution in [0.15, 0.2) is 55.0 Å². The van der Waals surface area contributed by atoms with Gasteiger partial charge in [-0.05, 0) is 96.7 Å². The van der Waals surface area contributed by atoms with E-state index in [1.165, 1.54) is 18.3 Å². The summed E-state index contributed by atoms with van der Waals surface area (Å²) in [5.74, 6) is 1.56. The molecule has 0 radical (unpaired) electrons. The summed E-state index contributed by atoms with van der Waals surface area (Å²) >= 11 is 6.56. The lowest BCUT2D eigenvalue weighted by Crippen LogP contribution is -2.51. The number of piperazine rings is 1. The molecule has 8 rings (SSSR count). The number of hydrogen-bond acceptors (Lipinski definition) is 13. The lowest BCUT2D eigenvalue weighted by atomic mass is 10.0. The van der Waals surface area contributed by atoms with E-state index in [0.717, 1.165) is 95.2 Å². The second-order valence-corrected chi connectivity index (χ2v) is 18.8. The number of anilines is 4. The average molecular weight is 916 g/mol. The second kappa shape index (κ2) is 20.1. The smallest absolute Gasteiger partial charge is 0.223 e. The molecule has 0 bridgehead atoms. The van der Waals surface area contributed by atoms with Gasteiger partial charge in [-0.15, -0.1) is 0 Å². The van der Waals surface area contributed by atoms with Gasteiger partial charge in [-0.1, -0.05) is 24.1 Å². The average Bonchev–Trinajstić information content (AvgIpc) is 3.70. The topological polar surface area (TPSA) is 164 Å². The number of rotatable bonds is 15. The van der Waals surface area contributed by atoms with Crippen molar-refractivity contribution in [2.24, 2.45) is 0 Å². The number of halogens is 3. The van der Waals surface area contributed by atoms with Crippen LogP contribution in [0.25, 0.3) is 22.3 Å². The molecule has 3 saturated heterocycles. The molecular formula is C47H61ClF2N12O3. The number of aromatic nitrogens is 6. The number of imidazole rings is 1. The van der Waals surface area contributed by atoms with Crippen LogP contribution in [-0.4, -0.2) is 132 Å². The van der Waals surface area contributed by atoms with Gasteiger partial charge in [0.25, 0.3) is 0 Å². The van der Waals surface area contributed by atoms with Gasteiger partial charge < -0.3 is 40.1 Å². The normalized spacial score (nSPS) is 19.9. The monoisotopic (exact) mass is 914 g/mol. The zero-order chi connectivity index (χ0) is 45.8. The van der Waals surface area contributed by atoms with Gasteiger partial charge in [0.1, 0.15) is 40.7 Å². The van der Waals surface area contributed by atoms with Crippen LogP contribution in [0.4, 0.5) is 32.1 Å². The molecule has 4 N–H and O–H groups in total. The Morgan fingerprint density at radius 1 is 0.923 bits per heavy atom. The minimum atomic E-state index is -1.29. The van der Waals surface area contributed by atoms with E-state index in [9.17, 15) is 19.4 Å². The van der Waals surface area contributed by atoms with Crippen LogP contribution in [0.1, 0.15) is 84.5 Å². The van der Waals surface area contributed by atoms with Crippen molar-refractivity contribution in [2.45, 2.75) is 102 Å². The summed E-state index contributed by atoms with van der Waals surface area (Å²) in [5, 5.41) is 28.9. The van der Waals surface area contributed by atoms with E-state index in [-0.39, 0.29) is 46.8 Å². The highest BCUT2D eigenvalue weighted by Crippen LogP contribution is 2.35. The number of nitrogens with zero attached hydrogens (tertiary/aromatic N) is 10. The first-order valence-corrected chi connectivity index (χ1v) is 23.3. The Kier molecular flexibility index (Phi) is 14.3. The third-order valence-corrected chi connectivity index (χ3v) is 13.0. The van der Waals surface area contributed by atoms with Gasteiger partial charge >= 0.3 is 0 Å². The highest BCUT2D eigenvalue weighted by molar-refractivity contribution is 6.33. The van der Waals surface area contributed by atoms with Gasteiger partial charge in [0.05, 0.1) is 34.6 Å². The molecular weight excluding hydrogens is 854 g/mol. The van der Waals surface area contributed by atoms with E-state index in [2.05, 4.69) is 50.3 Å². The van der Waals surface area contributed by atoms with Crippen LogP contribution < -0.4 is 20.4 Å². The standard InChI is InChI=1S/C47H61ClF2N12O3/c1-30(2)62-38-23-31(22-36(50)44(38)56-45(62)47(3,4)65)43-35(48)26-51-46(57-43)55-37-14-17-61(28-39(37)63)42(64)13-6-5-7-15-58-18-20-59(21-19-58)41-25-40(52-29-53-41)54-33-11-9-16-60(27-33)34-12-8-10-32(49)24-34/h8,10,12,22-26,29-30,33,37,39,63,65H,5-7,9,11,13-21,27-28H2,1-4H3,(H,51,55,57)(H,52,53,54)/t33-,37-,39-/m1/s1. The Labute approximate surface area is 384 Å². The number of likely N-dealkylation sites (tertiary alicyclic amines) is 1. The van der Waals surface area contributed by atoms with Crippen LogP contribution in [-0.2, 0) is 10.4 Å². The molecule has 3 aromatic heterocycles. The molecule has 3 aliphatic heterocycles. The molecule has 5 aromatic rings. The number of aliphatic hydroxyl groups is 2. The summed E-state index contributed by atoms with van der Waals surface area (Å²) in [6, 6.07) is 11.6. The number of nitrogens with one attached hydrogen (secondary N) is 2. The predicted molar refractivity (Wildman–Crippen MR) is 250 cm³/mol. The number of β-amino-alcohol motifs (C(OH)–C–C–N with tert-alkyl or cyclic N) is 1. The van der Waals surface area contributed by atoms with Crippen molar-refractivity contribution < 1.29 is 23.8 Å².